The van der Waals surface area contributed by atoms with E-state index in [1.165, 1.54) is 24.3 Å². The predicted octanol–water partition coefficient (Wildman–Crippen LogP) is 4.30. The van der Waals surface area contributed by atoms with Crippen molar-refractivity contribution in [3.63, 3.8) is 0 Å². The molecular formula is C13H6ClF3N2. The van der Waals surface area contributed by atoms with Crippen molar-refractivity contribution in [2.45, 2.75) is 0 Å². The molecular weight excluding hydrogens is 277 g/mol. The van der Waals surface area contributed by atoms with E-state index in [0.29, 0.717) is 16.9 Å². The molecule has 0 spiro atoms. The molecule has 1 aromatic heterocycles. The van der Waals surface area contributed by atoms with Gasteiger partial charge < -0.3 is 4.98 Å². The number of nitrogens with one attached hydrogen (secondary N) is 1. The second-order valence-electron chi connectivity index (χ2n) is 3.97. The highest BCUT2D eigenvalue weighted by molar-refractivity contribution is 6.31. The van der Waals surface area contributed by atoms with Gasteiger partial charge in [0.2, 0.25) is 0 Å². The Labute approximate surface area is 110 Å². The van der Waals surface area contributed by atoms with Gasteiger partial charge >= 0.3 is 0 Å². The molecule has 0 unspecified atom stereocenters. The summed E-state index contributed by atoms with van der Waals surface area (Å²) in [5, 5.41) is -0.0652. The van der Waals surface area contributed by atoms with E-state index in [1.807, 2.05) is 0 Å². The van der Waals surface area contributed by atoms with E-state index >= 15 is 0 Å². The van der Waals surface area contributed by atoms with Gasteiger partial charge in [0, 0.05) is 5.56 Å². The van der Waals surface area contributed by atoms with E-state index in [9.17, 15) is 13.2 Å². The second kappa shape index (κ2) is 4.28. The van der Waals surface area contributed by atoms with Gasteiger partial charge in [0.25, 0.3) is 0 Å². The molecule has 3 rings (SSSR count). The van der Waals surface area contributed by atoms with E-state index in [2.05, 4.69) is 9.97 Å². The number of halogens is 4. The van der Waals surface area contributed by atoms with Crippen molar-refractivity contribution in [3.8, 4) is 11.4 Å². The van der Waals surface area contributed by atoms with Crippen LogP contribution >= 0.6 is 11.6 Å². The molecule has 0 aliphatic heterocycles. The minimum Gasteiger partial charge on any atom is -0.338 e. The third-order valence-electron chi connectivity index (χ3n) is 2.74. The normalized spacial score (nSPS) is 11.2. The summed E-state index contributed by atoms with van der Waals surface area (Å²) in [5.41, 5.74) is 0.743. The molecule has 19 heavy (non-hydrogen) atoms. The van der Waals surface area contributed by atoms with Crippen molar-refractivity contribution in [2.24, 2.45) is 0 Å². The number of imidazole rings is 1. The lowest BCUT2D eigenvalue weighted by Crippen LogP contribution is -1.85. The monoisotopic (exact) mass is 282 g/mol. The van der Waals surface area contributed by atoms with Gasteiger partial charge in [-0.25, -0.2) is 18.2 Å². The zero-order valence-electron chi connectivity index (χ0n) is 9.35. The molecule has 6 heteroatoms. The number of aromatic nitrogens is 2. The van der Waals surface area contributed by atoms with Crippen LogP contribution in [0.4, 0.5) is 13.2 Å². The van der Waals surface area contributed by atoms with Crippen molar-refractivity contribution in [1.29, 1.82) is 0 Å². The first-order valence-corrected chi connectivity index (χ1v) is 5.73. The smallest absolute Gasteiger partial charge is 0.186 e. The number of rotatable bonds is 1. The van der Waals surface area contributed by atoms with Crippen molar-refractivity contribution < 1.29 is 13.2 Å². The summed E-state index contributed by atoms with van der Waals surface area (Å²) in [6.45, 7) is 0. The summed E-state index contributed by atoms with van der Waals surface area (Å²) in [6, 6.07) is 6.39. The summed E-state index contributed by atoms with van der Waals surface area (Å²) in [7, 11) is 0. The topological polar surface area (TPSA) is 28.7 Å². The first-order chi connectivity index (χ1) is 9.06. The molecule has 96 valence electrons. The van der Waals surface area contributed by atoms with Gasteiger partial charge in [-0.1, -0.05) is 11.6 Å². The highest BCUT2D eigenvalue weighted by Gasteiger charge is 2.13. The van der Waals surface area contributed by atoms with Gasteiger partial charge in [-0.05, 0) is 30.3 Å². The Balaban J connectivity index is 2.20. The molecule has 0 atom stereocenters. The van der Waals surface area contributed by atoms with Gasteiger partial charge in [0.05, 0.1) is 10.5 Å². The highest BCUT2D eigenvalue weighted by atomic mass is 35.5. The van der Waals surface area contributed by atoms with Gasteiger partial charge in [0.15, 0.2) is 11.6 Å². The molecule has 2 nitrogen and oxygen atoms in total. The maximum absolute atomic E-state index is 13.5. The Kier molecular flexibility index (Phi) is 2.71. The third kappa shape index (κ3) is 1.96. The molecule has 0 saturated heterocycles. The molecule has 0 bridgehead atoms. The zero-order chi connectivity index (χ0) is 13.6. The Morgan fingerprint density at radius 1 is 1.00 bits per heavy atom. The fraction of sp³-hybridized carbons (Fsp3) is 0. The number of hydrogen-bond acceptors (Lipinski definition) is 1. The number of hydrogen-bond donors (Lipinski definition) is 1. The summed E-state index contributed by atoms with van der Waals surface area (Å²) < 4.78 is 39.7. The van der Waals surface area contributed by atoms with Crippen LogP contribution in [0.1, 0.15) is 0 Å². The molecule has 0 radical (unpaired) electrons. The minimum atomic E-state index is -1.02. The Hall–Kier alpha value is -2.01. The van der Waals surface area contributed by atoms with Crippen LogP contribution in [-0.4, -0.2) is 9.97 Å². The summed E-state index contributed by atoms with van der Waals surface area (Å²) in [6.07, 6.45) is 0. The van der Waals surface area contributed by atoms with Gasteiger partial charge in [-0.2, -0.15) is 0 Å². The fourth-order valence-corrected chi connectivity index (χ4v) is 1.98. The Morgan fingerprint density at radius 2 is 1.74 bits per heavy atom. The predicted molar refractivity (Wildman–Crippen MR) is 66.4 cm³/mol. The average molecular weight is 283 g/mol. The van der Waals surface area contributed by atoms with Crippen molar-refractivity contribution >= 4 is 22.6 Å². The SMILES string of the molecule is Fc1ccc(-c2nc3c(F)c(F)ccc3[nH]2)cc1Cl. The van der Waals surface area contributed by atoms with Gasteiger partial charge in [-0.3, -0.25) is 0 Å². The van der Waals surface area contributed by atoms with Gasteiger partial charge in [-0.15, -0.1) is 0 Å². The second-order valence-corrected chi connectivity index (χ2v) is 4.38. The van der Waals surface area contributed by atoms with Crippen molar-refractivity contribution in [1.82, 2.24) is 9.97 Å². The Bertz CT molecular complexity index is 783. The van der Waals surface area contributed by atoms with Crippen LogP contribution in [0.2, 0.25) is 5.02 Å². The lowest BCUT2D eigenvalue weighted by molar-refractivity contribution is 0.515. The first kappa shape index (κ1) is 12.0. The lowest BCUT2D eigenvalue weighted by atomic mass is 10.2. The Morgan fingerprint density at radius 3 is 2.47 bits per heavy atom. The van der Waals surface area contributed by atoms with Crippen molar-refractivity contribution in [3.05, 3.63) is 52.8 Å². The zero-order valence-corrected chi connectivity index (χ0v) is 10.1. The van der Waals surface area contributed by atoms with Crippen LogP contribution in [0.15, 0.2) is 30.3 Å². The number of H-pyrrole nitrogens is 1. The standard InChI is InChI=1S/C13H6ClF3N2/c14-7-5-6(1-2-8(7)15)13-18-10-4-3-9(16)11(17)12(10)19-13/h1-5H,(H,18,19). The van der Waals surface area contributed by atoms with Crippen LogP contribution in [0.25, 0.3) is 22.4 Å². The van der Waals surface area contributed by atoms with Crippen LogP contribution in [-0.2, 0) is 0 Å². The van der Waals surface area contributed by atoms with Crippen molar-refractivity contribution in [2.75, 3.05) is 0 Å². The third-order valence-corrected chi connectivity index (χ3v) is 3.03. The average Bonchev–Trinajstić information content (AvgIpc) is 2.82. The van der Waals surface area contributed by atoms with Crippen LogP contribution in [0, 0.1) is 17.5 Å². The van der Waals surface area contributed by atoms with Crippen LogP contribution in [0.5, 0.6) is 0 Å². The maximum Gasteiger partial charge on any atom is 0.186 e. The molecule has 0 saturated carbocycles. The molecule has 3 aromatic rings. The largest absolute Gasteiger partial charge is 0.338 e. The molecule has 2 aromatic carbocycles. The number of fused-ring (bicyclic) bond motifs is 1. The van der Waals surface area contributed by atoms with E-state index in [-0.39, 0.29) is 10.5 Å². The molecule has 1 heterocycles. The molecule has 1 N–H and O–H groups in total. The lowest BCUT2D eigenvalue weighted by Gasteiger charge is -1.98. The highest BCUT2D eigenvalue weighted by Crippen LogP contribution is 2.26. The molecule has 0 fully saturated rings. The quantitative estimate of drug-likeness (QED) is 0.708. The summed E-state index contributed by atoms with van der Waals surface area (Å²) in [4.78, 5) is 6.79. The van der Waals surface area contributed by atoms with Gasteiger partial charge in [0.1, 0.15) is 17.2 Å². The molecule has 0 aliphatic carbocycles. The molecule has 0 amide bonds. The number of nitrogens with zero attached hydrogens (tertiary/aromatic N) is 1. The van der Waals surface area contributed by atoms with E-state index in [0.717, 1.165) is 6.07 Å². The summed E-state index contributed by atoms with van der Waals surface area (Å²) >= 11 is 5.67. The first-order valence-electron chi connectivity index (χ1n) is 5.35. The fourth-order valence-electron chi connectivity index (χ4n) is 1.80. The van der Waals surface area contributed by atoms with Crippen LogP contribution in [0.3, 0.4) is 0 Å². The van der Waals surface area contributed by atoms with E-state index in [1.54, 1.807) is 0 Å². The number of aromatic amines is 1. The number of benzene rings is 2. The molecule has 0 aliphatic rings. The van der Waals surface area contributed by atoms with E-state index < -0.39 is 17.5 Å². The van der Waals surface area contributed by atoms with Crippen LogP contribution < -0.4 is 0 Å². The minimum absolute atomic E-state index is 0.0652. The van der Waals surface area contributed by atoms with E-state index in [4.69, 9.17) is 11.6 Å². The summed E-state index contributed by atoms with van der Waals surface area (Å²) in [5.74, 6) is -2.25. The maximum atomic E-state index is 13.5.